The second-order valence-electron chi connectivity index (χ2n) is 6.27. The zero-order chi connectivity index (χ0) is 18.1. The van der Waals surface area contributed by atoms with Crippen molar-refractivity contribution < 1.29 is 4.79 Å². The summed E-state index contributed by atoms with van der Waals surface area (Å²) in [5, 5.41) is 4.96. The van der Waals surface area contributed by atoms with Crippen molar-refractivity contribution in [3.8, 4) is 10.6 Å². The van der Waals surface area contributed by atoms with E-state index in [0.29, 0.717) is 12.1 Å². The predicted octanol–water partition coefficient (Wildman–Crippen LogP) is 4.84. The number of nitrogens with zero attached hydrogens (tertiary/aromatic N) is 1. The van der Waals surface area contributed by atoms with Gasteiger partial charge in [-0.05, 0) is 25.5 Å². The molecule has 4 nitrogen and oxygen atoms in total. The summed E-state index contributed by atoms with van der Waals surface area (Å²) in [6.45, 7) is 4.56. The zero-order valence-corrected chi connectivity index (χ0v) is 15.5. The largest absolute Gasteiger partial charge is 0.360 e. The van der Waals surface area contributed by atoms with E-state index in [4.69, 9.17) is 4.98 Å². The molecule has 0 aliphatic rings. The number of hydrogen-bond donors (Lipinski definition) is 2. The number of aromatic nitrogens is 2. The van der Waals surface area contributed by atoms with Gasteiger partial charge in [0.05, 0.1) is 17.8 Å². The fraction of sp³-hybridized carbons (Fsp3) is 0.143. The highest BCUT2D eigenvalue weighted by Crippen LogP contribution is 2.30. The van der Waals surface area contributed by atoms with Crippen LogP contribution >= 0.6 is 11.3 Å². The van der Waals surface area contributed by atoms with E-state index in [9.17, 15) is 4.79 Å². The van der Waals surface area contributed by atoms with Crippen LogP contribution in [0.5, 0.6) is 0 Å². The van der Waals surface area contributed by atoms with Crippen molar-refractivity contribution in [3.63, 3.8) is 0 Å². The molecule has 0 saturated carbocycles. The smallest absolute Gasteiger partial charge is 0.253 e. The van der Waals surface area contributed by atoms with Gasteiger partial charge >= 0.3 is 0 Å². The molecular formula is C21H19N3OS. The molecule has 0 bridgehead atoms. The number of para-hydroxylation sites is 1. The predicted molar refractivity (Wildman–Crippen MR) is 106 cm³/mol. The quantitative estimate of drug-likeness (QED) is 0.546. The third-order valence-electron chi connectivity index (χ3n) is 4.51. The maximum absolute atomic E-state index is 12.6. The molecule has 0 radical (unpaired) electrons. The molecule has 0 atom stereocenters. The van der Waals surface area contributed by atoms with Crippen LogP contribution in [-0.4, -0.2) is 15.9 Å². The third kappa shape index (κ3) is 3.02. The number of thiazole rings is 1. The van der Waals surface area contributed by atoms with Crippen molar-refractivity contribution in [2.24, 2.45) is 0 Å². The van der Waals surface area contributed by atoms with Crippen LogP contribution in [0.4, 0.5) is 0 Å². The summed E-state index contributed by atoms with van der Waals surface area (Å²) in [6.07, 6.45) is 1.76. The molecule has 0 saturated heterocycles. The minimum absolute atomic E-state index is 0.0762. The Hall–Kier alpha value is -2.92. The molecular weight excluding hydrogens is 342 g/mol. The molecule has 5 heteroatoms. The molecule has 2 aromatic heterocycles. The molecule has 0 aliphatic carbocycles. The van der Waals surface area contributed by atoms with Crippen molar-refractivity contribution >= 4 is 28.1 Å². The Bertz CT molecular complexity index is 1090. The summed E-state index contributed by atoms with van der Waals surface area (Å²) >= 11 is 1.64. The molecule has 2 N–H and O–H groups in total. The van der Waals surface area contributed by atoms with Crippen molar-refractivity contribution in [2.75, 3.05) is 0 Å². The summed E-state index contributed by atoms with van der Waals surface area (Å²) in [4.78, 5) is 21.5. The molecule has 0 fully saturated rings. The molecule has 2 heterocycles. The van der Waals surface area contributed by atoms with Gasteiger partial charge in [-0.1, -0.05) is 42.5 Å². The molecule has 0 aliphatic heterocycles. The van der Waals surface area contributed by atoms with Gasteiger partial charge in [-0.25, -0.2) is 4.98 Å². The van der Waals surface area contributed by atoms with Crippen LogP contribution in [0.1, 0.15) is 26.5 Å². The van der Waals surface area contributed by atoms with E-state index in [1.54, 1.807) is 17.5 Å². The lowest BCUT2D eigenvalue weighted by atomic mass is 10.1. The average molecular weight is 361 g/mol. The Kier molecular flexibility index (Phi) is 4.31. The minimum Gasteiger partial charge on any atom is -0.360 e. The first-order valence-corrected chi connectivity index (χ1v) is 9.32. The van der Waals surface area contributed by atoms with Crippen LogP contribution in [0.15, 0.2) is 54.7 Å². The lowest BCUT2D eigenvalue weighted by molar-refractivity contribution is 0.0953. The fourth-order valence-corrected chi connectivity index (χ4v) is 4.13. The van der Waals surface area contributed by atoms with Gasteiger partial charge in [-0.3, -0.25) is 4.79 Å². The summed E-state index contributed by atoms with van der Waals surface area (Å²) in [6, 6.07) is 16.0. The van der Waals surface area contributed by atoms with E-state index in [0.717, 1.165) is 32.0 Å². The Morgan fingerprint density at radius 2 is 1.88 bits per heavy atom. The van der Waals surface area contributed by atoms with Crippen LogP contribution in [0.25, 0.3) is 21.5 Å². The molecule has 1 amide bonds. The molecule has 130 valence electrons. The zero-order valence-electron chi connectivity index (χ0n) is 14.7. The van der Waals surface area contributed by atoms with E-state index in [2.05, 4.69) is 29.4 Å². The van der Waals surface area contributed by atoms with Crippen molar-refractivity contribution in [1.29, 1.82) is 0 Å². The van der Waals surface area contributed by atoms with Gasteiger partial charge in [-0.15, -0.1) is 11.3 Å². The normalized spacial score (nSPS) is 11.0. The Labute approximate surface area is 155 Å². The number of aryl methyl sites for hydroxylation is 2. The molecule has 26 heavy (non-hydrogen) atoms. The maximum Gasteiger partial charge on any atom is 0.253 e. The number of aromatic amines is 1. The first-order chi connectivity index (χ1) is 12.6. The summed E-state index contributed by atoms with van der Waals surface area (Å²) in [5.74, 6) is -0.0762. The maximum atomic E-state index is 12.6. The van der Waals surface area contributed by atoms with E-state index < -0.39 is 0 Å². The second kappa shape index (κ2) is 6.77. The summed E-state index contributed by atoms with van der Waals surface area (Å²) in [7, 11) is 0. The Morgan fingerprint density at radius 1 is 1.12 bits per heavy atom. The number of H-pyrrole nitrogens is 1. The first-order valence-electron chi connectivity index (χ1n) is 8.50. The highest BCUT2D eigenvalue weighted by atomic mass is 32.1. The van der Waals surface area contributed by atoms with E-state index in [1.807, 2.05) is 43.3 Å². The third-order valence-corrected chi connectivity index (χ3v) is 5.70. The van der Waals surface area contributed by atoms with Crippen LogP contribution in [-0.2, 0) is 6.54 Å². The van der Waals surface area contributed by atoms with E-state index >= 15 is 0 Å². The topological polar surface area (TPSA) is 57.8 Å². The van der Waals surface area contributed by atoms with Crippen molar-refractivity contribution in [2.45, 2.75) is 20.4 Å². The van der Waals surface area contributed by atoms with Gasteiger partial charge in [0.2, 0.25) is 0 Å². The minimum atomic E-state index is -0.0762. The van der Waals surface area contributed by atoms with Crippen LogP contribution in [0, 0.1) is 13.8 Å². The number of benzene rings is 2. The van der Waals surface area contributed by atoms with E-state index in [-0.39, 0.29) is 5.91 Å². The van der Waals surface area contributed by atoms with Gasteiger partial charge in [-0.2, -0.15) is 0 Å². The number of nitrogens with one attached hydrogen (secondary N) is 2. The lowest BCUT2D eigenvalue weighted by Crippen LogP contribution is -2.22. The molecule has 2 aromatic carbocycles. The van der Waals surface area contributed by atoms with Gasteiger partial charge in [0.1, 0.15) is 5.01 Å². The van der Waals surface area contributed by atoms with Crippen LogP contribution in [0.2, 0.25) is 0 Å². The molecule has 4 rings (SSSR count). The van der Waals surface area contributed by atoms with E-state index in [1.165, 1.54) is 5.56 Å². The number of fused-ring (bicyclic) bond motifs is 1. The molecule has 0 unspecified atom stereocenters. The number of carbonyl (C=O) groups excluding carboxylic acids is 1. The Morgan fingerprint density at radius 3 is 2.73 bits per heavy atom. The highest BCUT2D eigenvalue weighted by molar-refractivity contribution is 7.15. The van der Waals surface area contributed by atoms with Gasteiger partial charge in [0, 0.05) is 27.5 Å². The summed E-state index contributed by atoms with van der Waals surface area (Å²) in [5.41, 5.74) is 4.95. The van der Waals surface area contributed by atoms with Gasteiger partial charge in [0.15, 0.2) is 0 Å². The van der Waals surface area contributed by atoms with Crippen LogP contribution in [0.3, 0.4) is 0 Å². The Balaban J connectivity index is 1.53. The number of carbonyl (C=O) groups is 1. The second-order valence-corrected chi connectivity index (χ2v) is 7.36. The SMILES string of the molecule is Cc1ccccc1-c1nc(C)c(CNC(=O)c2c[nH]c3ccccc23)s1. The monoisotopic (exact) mass is 361 g/mol. The fourth-order valence-electron chi connectivity index (χ4n) is 3.04. The number of amides is 1. The average Bonchev–Trinajstić information content (AvgIpc) is 3.24. The number of hydrogen-bond acceptors (Lipinski definition) is 3. The van der Waals surface area contributed by atoms with Gasteiger partial charge in [0.25, 0.3) is 5.91 Å². The van der Waals surface area contributed by atoms with Crippen molar-refractivity contribution in [1.82, 2.24) is 15.3 Å². The first kappa shape index (κ1) is 16.5. The number of rotatable bonds is 4. The van der Waals surface area contributed by atoms with Gasteiger partial charge < -0.3 is 10.3 Å². The standard InChI is InChI=1S/C21H19N3OS/c1-13-7-3-4-8-15(13)21-24-14(2)19(26-21)12-23-20(25)17-11-22-18-10-6-5-9-16(17)18/h3-11,22H,12H2,1-2H3,(H,23,25). The molecule has 4 aromatic rings. The lowest BCUT2D eigenvalue weighted by Gasteiger charge is -2.03. The van der Waals surface area contributed by atoms with Crippen molar-refractivity contribution in [3.05, 3.63) is 76.4 Å². The summed E-state index contributed by atoms with van der Waals surface area (Å²) < 4.78 is 0. The highest BCUT2D eigenvalue weighted by Gasteiger charge is 2.14. The van der Waals surface area contributed by atoms with Crippen LogP contribution < -0.4 is 5.32 Å². The molecule has 0 spiro atoms.